The van der Waals surface area contributed by atoms with Gasteiger partial charge in [-0.3, -0.25) is 4.90 Å². The molecule has 1 saturated carbocycles. The molecule has 1 saturated heterocycles. The van der Waals surface area contributed by atoms with Gasteiger partial charge in [0.15, 0.2) is 0 Å². The Morgan fingerprint density at radius 3 is 2.56 bits per heavy atom. The van der Waals surface area contributed by atoms with Gasteiger partial charge in [0.1, 0.15) is 6.29 Å². The number of likely N-dealkylation sites (tertiary alicyclic amines) is 1. The highest BCUT2D eigenvalue weighted by molar-refractivity contribution is 5.60. The summed E-state index contributed by atoms with van der Waals surface area (Å²) in [5.74, 6) is 0.775. The Hall–Kier alpha value is -0.410. The first kappa shape index (κ1) is 12.1. The summed E-state index contributed by atoms with van der Waals surface area (Å²) in [7, 11) is 0. The van der Waals surface area contributed by atoms with Crippen LogP contribution in [0.3, 0.4) is 0 Å². The van der Waals surface area contributed by atoms with E-state index in [0.29, 0.717) is 0 Å². The molecule has 0 aromatic heterocycles. The predicted molar refractivity (Wildman–Crippen MR) is 63.2 cm³/mol. The lowest BCUT2D eigenvalue weighted by Gasteiger charge is -2.37. The predicted octanol–water partition coefficient (Wildman–Crippen LogP) is 1.45. The fourth-order valence-electron chi connectivity index (χ4n) is 3.05. The molecule has 1 aliphatic heterocycles. The third kappa shape index (κ3) is 2.64. The van der Waals surface area contributed by atoms with E-state index in [1.807, 2.05) is 0 Å². The Morgan fingerprint density at radius 2 is 2.06 bits per heavy atom. The quantitative estimate of drug-likeness (QED) is 0.739. The Kier molecular flexibility index (Phi) is 3.65. The van der Waals surface area contributed by atoms with Gasteiger partial charge in [0.05, 0.1) is 6.10 Å². The minimum Gasteiger partial charge on any atom is -0.392 e. The second-order valence-corrected chi connectivity index (χ2v) is 5.84. The highest BCUT2D eigenvalue weighted by Gasteiger charge is 2.37. The minimum atomic E-state index is -0.175. The Labute approximate surface area is 97.8 Å². The molecule has 3 heteroatoms. The number of rotatable bonds is 3. The van der Waals surface area contributed by atoms with E-state index >= 15 is 0 Å². The molecule has 2 fully saturated rings. The molecule has 1 N–H and O–H groups in total. The molecule has 92 valence electrons. The Balaban J connectivity index is 1.92. The van der Waals surface area contributed by atoms with Gasteiger partial charge >= 0.3 is 0 Å². The molecule has 2 rings (SSSR count). The van der Waals surface area contributed by atoms with Gasteiger partial charge < -0.3 is 9.90 Å². The van der Waals surface area contributed by atoms with Gasteiger partial charge in [-0.05, 0) is 38.0 Å². The van der Waals surface area contributed by atoms with Crippen molar-refractivity contribution in [3.05, 3.63) is 0 Å². The summed E-state index contributed by atoms with van der Waals surface area (Å²) in [5, 5.41) is 9.50. The number of carbonyl (C=O) groups is 1. The first-order valence-corrected chi connectivity index (χ1v) is 6.50. The SMILES string of the molecule is CC1CCC(C=O)(CN2CCC(O)C2)CC1. The second-order valence-electron chi connectivity index (χ2n) is 5.84. The monoisotopic (exact) mass is 225 g/mol. The number of hydrogen-bond donors (Lipinski definition) is 1. The zero-order chi connectivity index (χ0) is 11.6. The van der Waals surface area contributed by atoms with Gasteiger partial charge in [0, 0.05) is 25.0 Å². The maximum atomic E-state index is 11.4. The van der Waals surface area contributed by atoms with Crippen LogP contribution < -0.4 is 0 Å². The lowest BCUT2D eigenvalue weighted by atomic mass is 9.71. The van der Waals surface area contributed by atoms with Crippen molar-refractivity contribution in [2.45, 2.75) is 45.1 Å². The first-order chi connectivity index (χ1) is 7.63. The van der Waals surface area contributed by atoms with Crippen LogP contribution in [0.15, 0.2) is 0 Å². The normalized spacial score (nSPS) is 41.1. The Bertz CT molecular complexity index is 246. The van der Waals surface area contributed by atoms with Crippen LogP contribution in [-0.2, 0) is 4.79 Å². The maximum Gasteiger partial charge on any atom is 0.127 e. The summed E-state index contributed by atoms with van der Waals surface area (Å²) in [6.07, 6.45) is 6.29. The summed E-state index contributed by atoms with van der Waals surface area (Å²) in [6, 6.07) is 0. The zero-order valence-electron chi connectivity index (χ0n) is 10.2. The molecule has 0 amide bonds. The fraction of sp³-hybridized carbons (Fsp3) is 0.923. The van der Waals surface area contributed by atoms with Crippen molar-refractivity contribution >= 4 is 6.29 Å². The van der Waals surface area contributed by atoms with Crippen LogP contribution in [0.4, 0.5) is 0 Å². The molecule has 1 atom stereocenters. The summed E-state index contributed by atoms with van der Waals surface area (Å²) >= 11 is 0. The number of hydrogen-bond acceptors (Lipinski definition) is 3. The summed E-state index contributed by atoms with van der Waals surface area (Å²) in [6.45, 7) is 4.84. The minimum absolute atomic E-state index is 0.115. The topological polar surface area (TPSA) is 40.5 Å². The summed E-state index contributed by atoms with van der Waals surface area (Å²) in [5.41, 5.74) is -0.115. The fourth-order valence-corrected chi connectivity index (χ4v) is 3.05. The molecule has 0 bridgehead atoms. The third-order valence-corrected chi connectivity index (χ3v) is 4.31. The Morgan fingerprint density at radius 1 is 1.38 bits per heavy atom. The van der Waals surface area contributed by atoms with Crippen molar-refractivity contribution < 1.29 is 9.90 Å². The maximum absolute atomic E-state index is 11.4. The summed E-state index contributed by atoms with van der Waals surface area (Å²) in [4.78, 5) is 13.6. The number of aliphatic hydroxyl groups excluding tert-OH is 1. The van der Waals surface area contributed by atoms with E-state index in [1.165, 1.54) is 19.1 Å². The lowest BCUT2D eigenvalue weighted by Crippen LogP contribution is -2.40. The van der Waals surface area contributed by atoms with Crippen LogP contribution in [0.1, 0.15) is 39.0 Å². The van der Waals surface area contributed by atoms with Crippen LogP contribution >= 0.6 is 0 Å². The first-order valence-electron chi connectivity index (χ1n) is 6.50. The average Bonchev–Trinajstić information content (AvgIpc) is 2.68. The molecule has 0 aromatic carbocycles. The summed E-state index contributed by atoms with van der Waals surface area (Å²) < 4.78 is 0. The van der Waals surface area contributed by atoms with Crippen LogP contribution in [0, 0.1) is 11.3 Å². The smallest absolute Gasteiger partial charge is 0.127 e. The number of carbonyl (C=O) groups excluding carboxylic acids is 1. The highest BCUT2D eigenvalue weighted by Crippen LogP contribution is 2.38. The molecule has 1 heterocycles. The molecule has 0 spiro atoms. The van der Waals surface area contributed by atoms with Gasteiger partial charge in [0.25, 0.3) is 0 Å². The van der Waals surface area contributed by atoms with E-state index < -0.39 is 0 Å². The molecule has 1 unspecified atom stereocenters. The number of nitrogens with zero attached hydrogens (tertiary/aromatic N) is 1. The van der Waals surface area contributed by atoms with Crippen molar-refractivity contribution in [1.82, 2.24) is 4.90 Å². The number of β-amino-alcohol motifs (C(OH)–C–C–N with tert-alkyl or cyclic N) is 1. The van der Waals surface area contributed by atoms with Crippen LogP contribution in [0.25, 0.3) is 0 Å². The van der Waals surface area contributed by atoms with Gasteiger partial charge in [-0.25, -0.2) is 0 Å². The number of aliphatic hydroxyl groups is 1. The van der Waals surface area contributed by atoms with Crippen LogP contribution in [0.2, 0.25) is 0 Å². The van der Waals surface area contributed by atoms with E-state index in [9.17, 15) is 9.90 Å². The van der Waals surface area contributed by atoms with Crippen molar-refractivity contribution in [1.29, 1.82) is 0 Å². The van der Waals surface area contributed by atoms with Gasteiger partial charge in [-0.15, -0.1) is 0 Å². The van der Waals surface area contributed by atoms with Gasteiger partial charge in [0.2, 0.25) is 0 Å². The van der Waals surface area contributed by atoms with Gasteiger partial charge in [-0.2, -0.15) is 0 Å². The third-order valence-electron chi connectivity index (χ3n) is 4.31. The molecule has 0 radical (unpaired) electrons. The second kappa shape index (κ2) is 4.84. The molecule has 3 nitrogen and oxygen atoms in total. The van der Waals surface area contributed by atoms with E-state index in [1.54, 1.807) is 0 Å². The van der Waals surface area contributed by atoms with Crippen molar-refractivity contribution in [2.75, 3.05) is 19.6 Å². The van der Waals surface area contributed by atoms with E-state index in [2.05, 4.69) is 11.8 Å². The zero-order valence-corrected chi connectivity index (χ0v) is 10.2. The largest absolute Gasteiger partial charge is 0.392 e. The lowest BCUT2D eigenvalue weighted by molar-refractivity contribution is -0.119. The molecule has 2 aliphatic rings. The van der Waals surface area contributed by atoms with Crippen molar-refractivity contribution in [3.63, 3.8) is 0 Å². The van der Waals surface area contributed by atoms with Gasteiger partial charge in [-0.1, -0.05) is 6.92 Å². The van der Waals surface area contributed by atoms with Crippen molar-refractivity contribution in [3.8, 4) is 0 Å². The molecule has 1 aliphatic carbocycles. The molecule has 16 heavy (non-hydrogen) atoms. The van der Waals surface area contributed by atoms with E-state index in [4.69, 9.17) is 0 Å². The highest BCUT2D eigenvalue weighted by atomic mass is 16.3. The standard InChI is InChI=1S/C13H23NO2/c1-11-2-5-13(10-15,6-3-11)9-14-7-4-12(16)8-14/h10-12,16H,2-9H2,1H3. The van der Waals surface area contributed by atoms with E-state index in [0.717, 1.165) is 44.8 Å². The van der Waals surface area contributed by atoms with Crippen molar-refractivity contribution in [2.24, 2.45) is 11.3 Å². The van der Waals surface area contributed by atoms with E-state index in [-0.39, 0.29) is 11.5 Å². The molecular weight excluding hydrogens is 202 g/mol. The molecular formula is C13H23NO2. The number of aldehydes is 1. The average molecular weight is 225 g/mol. The van der Waals surface area contributed by atoms with Crippen LogP contribution in [-0.4, -0.2) is 42.0 Å². The van der Waals surface area contributed by atoms with Crippen LogP contribution in [0.5, 0.6) is 0 Å². The molecule has 0 aromatic rings.